The van der Waals surface area contributed by atoms with E-state index in [4.69, 9.17) is 4.74 Å². The van der Waals surface area contributed by atoms with E-state index in [9.17, 15) is 9.59 Å². The molecule has 0 spiro atoms. The molecule has 4 rings (SSSR count). The highest BCUT2D eigenvalue weighted by atomic mass is 16.5. The number of aromatic nitrogens is 1. The molecule has 0 fully saturated rings. The van der Waals surface area contributed by atoms with Crippen molar-refractivity contribution < 1.29 is 14.3 Å². The number of carbonyl (C=O) groups excluding carboxylic acids is 2. The van der Waals surface area contributed by atoms with E-state index < -0.39 is 18.0 Å². The smallest absolute Gasteiger partial charge is 0.357 e. The fourth-order valence-electron chi connectivity index (χ4n) is 3.02. The largest absolute Gasteiger partial charge is 0.448 e. The van der Waals surface area contributed by atoms with Crippen LogP contribution < -0.4 is 5.32 Å². The van der Waals surface area contributed by atoms with Crippen molar-refractivity contribution in [2.24, 2.45) is 0 Å². The first kappa shape index (κ1) is 17.7. The molecule has 1 N–H and O–H groups in total. The Morgan fingerprint density at radius 3 is 2.43 bits per heavy atom. The summed E-state index contributed by atoms with van der Waals surface area (Å²) in [6.07, 6.45) is -0.959. The second-order valence-electron chi connectivity index (χ2n) is 6.45. The van der Waals surface area contributed by atoms with E-state index in [-0.39, 0.29) is 5.69 Å². The molecule has 5 heteroatoms. The molecule has 138 valence electrons. The normalized spacial score (nSPS) is 11.9. The van der Waals surface area contributed by atoms with Crippen molar-refractivity contribution in [2.45, 2.75) is 13.0 Å². The number of para-hydroxylation sites is 1. The highest BCUT2D eigenvalue weighted by Gasteiger charge is 2.20. The Labute approximate surface area is 162 Å². The molecule has 0 aliphatic heterocycles. The molecule has 0 saturated carbocycles. The third-order valence-corrected chi connectivity index (χ3v) is 4.51. The lowest BCUT2D eigenvalue weighted by Gasteiger charge is -2.14. The summed E-state index contributed by atoms with van der Waals surface area (Å²) in [5.74, 6) is -1.03. The van der Waals surface area contributed by atoms with Gasteiger partial charge in [-0.2, -0.15) is 0 Å². The predicted molar refractivity (Wildman–Crippen MR) is 109 cm³/mol. The van der Waals surface area contributed by atoms with Crippen LogP contribution in [0.2, 0.25) is 0 Å². The third-order valence-electron chi connectivity index (χ3n) is 4.51. The number of anilines is 1. The average molecular weight is 370 g/mol. The van der Waals surface area contributed by atoms with Crippen LogP contribution in [0.5, 0.6) is 0 Å². The summed E-state index contributed by atoms with van der Waals surface area (Å²) in [5.41, 5.74) is 1.54. The zero-order valence-electron chi connectivity index (χ0n) is 15.3. The van der Waals surface area contributed by atoms with Crippen LogP contribution >= 0.6 is 0 Å². The maximum atomic E-state index is 12.5. The van der Waals surface area contributed by atoms with Gasteiger partial charge in [0.25, 0.3) is 5.91 Å². The van der Waals surface area contributed by atoms with Crippen molar-refractivity contribution in [2.75, 3.05) is 5.32 Å². The molecule has 0 radical (unpaired) electrons. The quantitative estimate of drug-likeness (QED) is 0.534. The van der Waals surface area contributed by atoms with Crippen LogP contribution in [0.15, 0.2) is 78.9 Å². The average Bonchev–Trinajstić information content (AvgIpc) is 2.73. The number of ether oxygens (including phenoxy) is 1. The van der Waals surface area contributed by atoms with E-state index in [1.807, 2.05) is 66.7 Å². The number of amides is 1. The molecule has 1 amide bonds. The van der Waals surface area contributed by atoms with E-state index in [0.29, 0.717) is 11.2 Å². The lowest BCUT2D eigenvalue weighted by atomic mass is 10.1. The molecule has 1 atom stereocenters. The first-order valence-electron chi connectivity index (χ1n) is 8.97. The number of hydrogen-bond acceptors (Lipinski definition) is 4. The van der Waals surface area contributed by atoms with Crippen molar-refractivity contribution in [3.05, 3.63) is 84.6 Å². The number of esters is 1. The van der Waals surface area contributed by atoms with Gasteiger partial charge in [-0.25, -0.2) is 9.78 Å². The molecule has 0 aliphatic carbocycles. The fraction of sp³-hybridized carbons (Fsp3) is 0.0870. The summed E-state index contributed by atoms with van der Waals surface area (Å²) < 4.78 is 5.32. The maximum Gasteiger partial charge on any atom is 0.357 e. The number of carbonyl (C=O) groups is 2. The molecule has 0 unspecified atom stereocenters. The summed E-state index contributed by atoms with van der Waals surface area (Å²) in [5, 5.41) is 5.71. The first-order valence-corrected chi connectivity index (χ1v) is 8.97. The first-order chi connectivity index (χ1) is 13.6. The number of nitrogens with one attached hydrogen (secondary N) is 1. The topological polar surface area (TPSA) is 68.3 Å². The van der Waals surface area contributed by atoms with Gasteiger partial charge in [0.2, 0.25) is 0 Å². The van der Waals surface area contributed by atoms with Crippen LogP contribution in [0.4, 0.5) is 5.69 Å². The predicted octanol–water partition coefficient (Wildman–Crippen LogP) is 4.57. The van der Waals surface area contributed by atoms with Crippen LogP contribution in [0, 0.1) is 0 Å². The second-order valence-corrected chi connectivity index (χ2v) is 6.45. The monoisotopic (exact) mass is 370 g/mol. The van der Waals surface area contributed by atoms with Gasteiger partial charge in [-0.15, -0.1) is 0 Å². The number of pyridine rings is 1. The van der Waals surface area contributed by atoms with E-state index >= 15 is 0 Å². The van der Waals surface area contributed by atoms with Crippen molar-refractivity contribution in [1.82, 2.24) is 4.98 Å². The molecule has 5 nitrogen and oxygen atoms in total. The summed E-state index contributed by atoms with van der Waals surface area (Å²) in [6.45, 7) is 1.54. The van der Waals surface area contributed by atoms with Crippen LogP contribution in [0.1, 0.15) is 17.4 Å². The molecule has 0 aliphatic rings. The molecular weight excluding hydrogens is 352 g/mol. The van der Waals surface area contributed by atoms with Crippen molar-refractivity contribution in [1.29, 1.82) is 0 Å². The highest BCUT2D eigenvalue weighted by molar-refractivity contribution is 6.04. The molecule has 4 aromatic rings. The van der Waals surface area contributed by atoms with Gasteiger partial charge in [0.1, 0.15) is 5.69 Å². The van der Waals surface area contributed by atoms with Gasteiger partial charge in [0.15, 0.2) is 6.10 Å². The fourth-order valence-corrected chi connectivity index (χ4v) is 3.02. The van der Waals surface area contributed by atoms with Crippen molar-refractivity contribution >= 4 is 39.2 Å². The molecule has 0 bridgehead atoms. The maximum absolute atomic E-state index is 12.5. The van der Waals surface area contributed by atoms with Crippen molar-refractivity contribution in [3.8, 4) is 0 Å². The Balaban J connectivity index is 1.48. The Morgan fingerprint density at radius 1 is 0.857 bits per heavy atom. The summed E-state index contributed by atoms with van der Waals surface area (Å²) in [4.78, 5) is 29.2. The van der Waals surface area contributed by atoms with Crippen molar-refractivity contribution in [3.63, 3.8) is 0 Å². The van der Waals surface area contributed by atoms with Crippen LogP contribution in [-0.2, 0) is 9.53 Å². The lowest BCUT2D eigenvalue weighted by Crippen LogP contribution is -2.30. The zero-order chi connectivity index (χ0) is 19.5. The number of hydrogen-bond donors (Lipinski definition) is 1. The van der Waals surface area contributed by atoms with E-state index in [0.717, 1.165) is 16.2 Å². The lowest BCUT2D eigenvalue weighted by molar-refractivity contribution is -0.123. The minimum atomic E-state index is -0.959. The Kier molecular flexibility index (Phi) is 4.72. The van der Waals surface area contributed by atoms with Gasteiger partial charge in [0.05, 0.1) is 5.52 Å². The molecule has 0 saturated heterocycles. The van der Waals surface area contributed by atoms with Crippen LogP contribution in [-0.4, -0.2) is 23.0 Å². The van der Waals surface area contributed by atoms with Crippen LogP contribution in [0.3, 0.4) is 0 Å². The van der Waals surface area contributed by atoms with E-state index in [2.05, 4.69) is 10.3 Å². The standard InChI is InChI=1S/C23H18N2O3/c1-15(22(26)25-20-12-6-9-16-7-2-4-10-18(16)20)28-23(27)21-14-13-17-8-3-5-11-19(17)24-21/h2-15H,1H3,(H,25,26)/t15-/m0/s1. The Hall–Kier alpha value is -3.73. The number of fused-ring (bicyclic) bond motifs is 2. The van der Waals surface area contributed by atoms with E-state index in [1.54, 1.807) is 19.1 Å². The molecular formula is C23H18N2O3. The Bertz CT molecular complexity index is 1180. The third kappa shape index (κ3) is 3.55. The van der Waals surface area contributed by atoms with Gasteiger partial charge < -0.3 is 10.1 Å². The Morgan fingerprint density at radius 2 is 1.57 bits per heavy atom. The summed E-state index contributed by atoms with van der Waals surface area (Å²) in [6, 6.07) is 24.3. The number of benzene rings is 3. The minimum absolute atomic E-state index is 0.170. The molecule has 1 heterocycles. The van der Waals surface area contributed by atoms with Gasteiger partial charge in [-0.3, -0.25) is 4.79 Å². The highest BCUT2D eigenvalue weighted by Crippen LogP contribution is 2.23. The number of rotatable bonds is 4. The minimum Gasteiger partial charge on any atom is -0.448 e. The van der Waals surface area contributed by atoms with Gasteiger partial charge in [0, 0.05) is 16.5 Å². The SMILES string of the molecule is C[C@H](OC(=O)c1ccc2ccccc2n1)C(=O)Nc1cccc2ccccc12. The van der Waals surface area contributed by atoms with Gasteiger partial charge in [-0.05, 0) is 30.5 Å². The van der Waals surface area contributed by atoms with Gasteiger partial charge >= 0.3 is 5.97 Å². The second kappa shape index (κ2) is 7.48. The molecule has 3 aromatic carbocycles. The van der Waals surface area contributed by atoms with Gasteiger partial charge in [-0.1, -0.05) is 60.7 Å². The zero-order valence-corrected chi connectivity index (χ0v) is 15.3. The number of nitrogens with zero attached hydrogens (tertiary/aromatic N) is 1. The van der Waals surface area contributed by atoms with Crippen LogP contribution in [0.25, 0.3) is 21.7 Å². The molecule has 1 aromatic heterocycles. The molecule has 28 heavy (non-hydrogen) atoms. The summed E-state index contributed by atoms with van der Waals surface area (Å²) >= 11 is 0. The van der Waals surface area contributed by atoms with E-state index in [1.165, 1.54) is 0 Å². The summed E-state index contributed by atoms with van der Waals surface area (Å²) in [7, 11) is 0.